The topological polar surface area (TPSA) is 51.7 Å². The van der Waals surface area contributed by atoms with Gasteiger partial charge in [-0.15, -0.1) is 11.3 Å². The molecule has 0 aliphatic heterocycles. The highest BCUT2D eigenvalue weighted by molar-refractivity contribution is 7.13. The Labute approximate surface area is 156 Å². The van der Waals surface area contributed by atoms with E-state index in [9.17, 15) is 4.79 Å². The first-order valence-corrected chi connectivity index (χ1v) is 8.97. The number of thiazole rings is 1. The predicted molar refractivity (Wildman–Crippen MR) is 103 cm³/mol. The smallest absolute Gasteiger partial charge is 0.273 e. The van der Waals surface area contributed by atoms with E-state index in [2.05, 4.69) is 4.98 Å². The second kappa shape index (κ2) is 8.01. The van der Waals surface area contributed by atoms with Gasteiger partial charge in [-0.1, -0.05) is 30.3 Å². The number of nitrogens with zero attached hydrogens (tertiary/aromatic N) is 2. The number of aromatic nitrogens is 1. The minimum Gasteiger partial charge on any atom is -0.493 e. The standard InChI is InChI=1S/C20H20N2O3S/c1-22(12-14-7-5-4-6-8-14)20(23)16-13-26-19(21-16)15-9-10-17(24-2)18(11-15)25-3/h4-11,13H,12H2,1-3H3. The molecular weight excluding hydrogens is 348 g/mol. The van der Waals surface area contributed by atoms with Gasteiger partial charge in [0.05, 0.1) is 14.2 Å². The second-order valence-corrected chi connectivity index (χ2v) is 6.61. The van der Waals surface area contributed by atoms with Crippen molar-refractivity contribution in [3.63, 3.8) is 0 Å². The van der Waals surface area contributed by atoms with Crippen LogP contribution in [0.2, 0.25) is 0 Å². The van der Waals surface area contributed by atoms with Crippen LogP contribution in [0, 0.1) is 0 Å². The molecule has 1 aromatic heterocycles. The molecule has 1 heterocycles. The van der Waals surface area contributed by atoms with Crippen molar-refractivity contribution < 1.29 is 14.3 Å². The normalized spacial score (nSPS) is 10.4. The van der Waals surface area contributed by atoms with Crippen LogP contribution in [0.1, 0.15) is 16.1 Å². The van der Waals surface area contributed by atoms with E-state index in [-0.39, 0.29) is 5.91 Å². The van der Waals surface area contributed by atoms with Crippen LogP contribution in [0.25, 0.3) is 10.6 Å². The van der Waals surface area contributed by atoms with Gasteiger partial charge < -0.3 is 14.4 Å². The molecule has 0 bridgehead atoms. The molecule has 0 spiro atoms. The Hall–Kier alpha value is -2.86. The number of carbonyl (C=O) groups excluding carboxylic acids is 1. The first-order valence-electron chi connectivity index (χ1n) is 8.09. The Morgan fingerprint density at radius 2 is 1.81 bits per heavy atom. The summed E-state index contributed by atoms with van der Waals surface area (Å²) in [5.74, 6) is 1.19. The minimum atomic E-state index is -0.100. The van der Waals surface area contributed by atoms with Crippen LogP contribution in [-0.2, 0) is 6.54 Å². The third-order valence-corrected chi connectivity index (χ3v) is 4.85. The van der Waals surface area contributed by atoms with E-state index in [0.29, 0.717) is 23.7 Å². The van der Waals surface area contributed by atoms with Crippen LogP contribution in [0.15, 0.2) is 53.9 Å². The zero-order valence-corrected chi connectivity index (χ0v) is 15.7. The fourth-order valence-corrected chi connectivity index (χ4v) is 3.39. The average molecular weight is 368 g/mol. The number of amides is 1. The molecule has 0 radical (unpaired) electrons. The summed E-state index contributed by atoms with van der Waals surface area (Å²) < 4.78 is 10.6. The number of benzene rings is 2. The van der Waals surface area contributed by atoms with E-state index in [1.54, 1.807) is 31.5 Å². The number of carbonyl (C=O) groups is 1. The van der Waals surface area contributed by atoms with E-state index in [4.69, 9.17) is 9.47 Å². The summed E-state index contributed by atoms with van der Waals surface area (Å²) in [5.41, 5.74) is 2.41. The fourth-order valence-electron chi connectivity index (χ4n) is 2.60. The van der Waals surface area contributed by atoms with Gasteiger partial charge >= 0.3 is 0 Å². The van der Waals surface area contributed by atoms with Gasteiger partial charge in [-0.25, -0.2) is 4.98 Å². The Kier molecular flexibility index (Phi) is 5.53. The molecule has 0 saturated heterocycles. The van der Waals surface area contributed by atoms with E-state index < -0.39 is 0 Å². The van der Waals surface area contributed by atoms with E-state index in [0.717, 1.165) is 16.1 Å². The number of hydrogen-bond acceptors (Lipinski definition) is 5. The van der Waals surface area contributed by atoms with Gasteiger partial charge in [-0.3, -0.25) is 4.79 Å². The van der Waals surface area contributed by atoms with Crippen molar-refractivity contribution in [2.75, 3.05) is 21.3 Å². The van der Waals surface area contributed by atoms with Crippen molar-refractivity contribution in [3.8, 4) is 22.1 Å². The maximum absolute atomic E-state index is 12.6. The number of methoxy groups -OCH3 is 2. The highest BCUT2D eigenvalue weighted by atomic mass is 32.1. The van der Waals surface area contributed by atoms with Gasteiger partial charge in [0.1, 0.15) is 10.7 Å². The maximum atomic E-state index is 12.6. The summed E-state index contributed by atoms with van der Waals surface area (Å²) in [6.07, 6.45) is 0. The lowest BCUT2D eigenvalue weighted by Crippen LogP contribution is -2.26. The molecule has 5 nitrogen and oxygen atoms in total. The van der Waals surface area contributed by atoms with Crippen molar-refractivity contribution in [3.05, 3.63) is 65.2 Å². The Morgan fingerprint density at radius 3 is 2.50 bits per heavy atom. The van der Waals surface area contributed by atoms with Gasteiger partial charge in [-0.05, 0) is 23.8 Å². The Bertz CT molecular complexity index is 893. The van der Waals surface area contributed by atoms with Gasteiger partial charge in [0.2, 0.25) is 0 Å². The van der Waals surface area contributed by atoms with Gasteiger partial charge in [0.25, 0.3) is 5.91 Å². The van der Waals surface area contributed by atoms with Gasteiger partial charge in [-0.2, -0.15) is 0 Å². The van der Waals surface area contributed by atoms with E-state index in [1.165, 1.54) is 11.3 Å². The lowest BCUT2D eigenvalue weighted by atomic mass is 10.2. The summed E-state index contributed by atoms with van der Waals surface area (Å²) in [5, 5.41) is 2.55. The fraction of sp³-hybridized carbons (Fsp3) is 0.200. The third kappa shape index (κ3) is 3.86. The first kappa shape index (κ1) is 17.9. The van der Waals surface area contributed by atoms with E-state index in [1.807, 2.05) is 48.5 Å². The molecule has 0 aliphatic rings. The summed E-state index contributed by atoms with van der Waals surface area (Å²) in [7, 11) is 4.97. The molecule has 0 N–H and O–H groups in total. The zero-order valence-electron chi connectivity index (χ0n) is 14.9. The molecular formula is C20H20N2O3S. The van der Waals surface area contributed by atoms with Crippen molar-refractivity contribution in [1.82, 2.24) is 9.88 Å². The van der Waals surface area contributed by atoms with Crippen molar-refractivity contribution >= 4 is 17.2 Å². The van der Waals surface area contributed by atoms with Crippen LogP contribution < -0.4 is 9.47 Å². The first-order chi connectivity index (χ1) is 12.6. The van der Waals surface area contributed by atoms with Crippen LogP contribution >= 0.6 is 11.3 Å². The molecule has 6 heteroatoms. The lowest BCUT2D eigenvalue weighted by Gasteiger charge is -2.15. The molecule has 0 saturated carbocycles. The Balaban J connectivity index is 1.78. The molecule has 0 aliphatic carbocycles. The second-order valence-electron chi connectivity index (χ2n) is 5.75. The van der Waals surface area contributed by atoms with Crippen molar-refractivity contribution in [1.29, 1.82) is 0 Å². The molecule has 1 amide bonds. The van der Waals surface area contributed by atoms with Crippen molar-refractivity contribution in [2.24, 2.45) is 0 Å². The lowest BCUT2D eigenvalue weighted by molar-refractivity contribution is 0.0780. The largest absolute Gasteiger partial charge is 0.493 e. The maximum Gasteiger partial charge on any atom is 0.273 e. The Morgan fingerprint density at radius 1 is 1.08 bits per heavy atom. The van der Waals surface area contributed by atoms with Crippen LogP contribution in [-0.4, -0.2) is 37.1 Å². The van der Waals surface area contributed by atoms with Crippen molar-refractivity contribution in [2.45, 2.75) is 6.54 Å². The average Bonchev–Trinajstić information content (AvgIpc) is 3.17. The molecule has 26 heavy (non-hydrogen) atoms. The highest BCUT2D eigenvalue weighted by Gasteiger charge is 2.17. The number of rotatable bonds is 6. The van der Waals surface area contributed by atoms with Crippen LogP contribution in [0.5, 0.6) is 11.5 Å². The van der Waals surface area contributed by atoms with E-state index >= 15 is 0 Å². The third-order valence-electron chi connectivity index (χ3n) is 3.96. The molecule has 3 aromatic rings. The van der Waals surface area contributed by atoms with Gasteiger partial charge in [0.15, 0.2) is 11.5 Å². The molecule has 0 fully saturated rings. The summed E-state index contributed by atoms with van der Waals surface area (Å²) in [4.78, 5) is 18.8. The molecule has 2 aromatic carbocycles. The highest BCUT2D eigenvalue weighted by Crippen LogP contribution is 2.33. The molecule has 0 atom stereocenters. The summed E-state index contributed by atoms with van der Waals surface area (Å²) >= 11 is 1.43. The van der Waals surface area contributed by atoms with Gasteiger partial charge in [0, 0.05) is 24.5 Å². The number of ether oxygens (including phenoxy) is 2. The van der Waals surface area contributed by atoms with Crippen LogP contribution in [0.3, 0.4) is 0 Å². The predicted octanol–water partition coefficient (Wildman–Crippen LogP) is 4.10. The monoisotopic (exact) mass is 368 g/mol. The summed E-state index contributed by atoms with van der Waals surface area (Å²) in [6.45, 7) is 0.545. The molecule has 0 unspecified atom stereocenters. The molecule has 134 valence electrons. The SMILES string of the molecule is COc1ccc(-c2nc(C(=O)N(C)Cc3ccccc3)cs2)cc1OC. The summed E-state index contributed by atoms with van der Waals surface area (Å²) in [6, 6.07) is 15.5. The minimum absolute atomic E-state index is 0.100. The quantitative estimate of drug-likeness (QED) is 0.657. The zero-order chi connectivity index (χ0) is 18.5. The molecule has 3 rings (SSSR count). The number of hydrogen-bond donors (Lipinski definition) is 0. The van der Waals surface area contributed by atoms with Crippen LogP contribution in [0.4, 0.5) is 0 Å².